The van der Waals surface area contributed by atoms with Crippen LogP contribution in [0, 0.1) is 5.41 Å². The average Bonchev–Trinajstić information content (AvgIpc) is 3.16. The highest BCUT2D eigenvalue weighted by atomic mass is 14.4. The van der Waals surface area contributed by atoms with Gasteiger partial charge in [0.25, 0.3) is 0 Å². The Kier molecular flexibility index (Phi) is 4.97. The Bertz CT molecular complexity index is 1030. The van der Waals surface area contributed by atoms with E-state index in [1.807, 2.05) is 0 Å². The van der Waals surface area contributed by atoms with Crippen LogP contribution >= 0.6 is 0 Å². The zero-order valence-corrected chi connectivity index (χ0v) is 21.3. The molecule has 2 aromatic carbocycles. The molecule has 164 valence electrons. The van der Waals surface area contributed by atoms with E-state index in [0.717, 1.165) is 6.42 Å². The van der Waals surface area contributed by atoms with E-state index in [2.05, 4.69) is 112 Å². The summed E-state index contributed by atoms with van der Waals surface area (Å²) in [6, 6.07) is 14.5. The lowest BCUT2D eigenvalue weighted by atomic mass is 9.76. The zero-order valence-electron chi connectivity index (χ0n) is 21.3. The van der Waals surface area contributed by atoms with Crippen molar-refractivity contribution >= 4 is 0 Å². The van der Waals surface area contributed by atoms with Crippen molar-refractivity contribution in [3.63, 3.8) is 0 Å². The summed E-state index contributed by atoms with van der Waals surface area (Å²) in [5.74, 6) is 0.348. The molecule has 0 heteroatoms. The quantitative estimate of drug-likeness (QED) is 0.438. The zero-order chi connectivity index (χ0) is 22.9. The summed E-state index contributed by atoms with van der Waals surface area (Å²) in [7, 11) is 0. The van der Waals surface area contributed by atoms with Gasteiger partial charge in [-0.15, -0.1) is 0 Å². The molecule has 0 spiro atoms. The molecule has 0 nitrogen and oxygen atoms in total. The molecule has 4 rings (SSSR count). The van der Waals surface area contributed by atoms with Crippen LogP contribution in [0.25, 0.3) is 11.1 Å². The van der Waals surface area contributed by atoms with Crippen molar-refractivity contribution in [2.24, 2.45) is 5.41 Å². The summed E-state index contributed by atoms with van der Waals surface area (Å²) < 4.78 is 0. The second-order valence-electron chi connectivity index (χ2n) is 12.8. The molecule has 0 aromatic heterocycles. The summed E-state index contributed by atoms with van der Waals surface area (Å²) in [5.41, 5.74) is 13.8. The van der Waals surface area contributed by atoms with Crippen LogP contribution in [0.1, 0.15) is 104 Å². The largest absolute Gasteiger partial charge is 0.0772 e. The van der Waals surface area contributed by atoms with E-state index in [4.69, 9.17) is 0 Å². The van der Waals surface area contributed by atoms with Crippen molar-refractivity contribution in [3.8, 4) is 11.1 Å². The Morgan fingerprint density at radius 1 is 0.645 bits per heavy atom. The summed E-state index contributed by atoms with van der Waals surface area (Å²) in [5, 5.41) is 0. The van der Waals surface area contributed by atoms with Gasteiger partial charge in [0.1, 0.15) is 0 Å². The van der Waals surface area contributed by atoms with Crippen LogP contribution in [-0.4, -0.2) is 0 Å². The van der Waals surface area contributed by atoms with Gasteiger partial charge in [0.15, 0.2) is 0 Å². The topological polar surface area (TPSA) is 0 Å². The molecule has 0 aliphatic heterocycles. The smallest absolute Gasteiger partial charge is 0.0354 e. The minimum absolute atomic E-state index is 0.147. The van der Waals surface area contributed by atoms with Crippen molar-refractivity contribution in [2.45, 2.75) is 92.4 Å². The van der Waals surface area contributed by atoms with Crippen LogP contribution in [0.4, 0.5) is 0 Å². The number of hydrogen-bond acceptors (Lipinski definition) is 0. The first-order valence-corrected chi connectivity index (χ1v) is 11.9. The van der Waals surface area contributed by atoms with Gasteiger partial charge < -0.3 is 0 Å². The van der Waals surface area contributed by atoms with Gasteiger partial charge in [-0.25, -0.2) is 0 Å². The fourth-order valence-electron chi connectivity index (χ4n) is 5.32. The molecule has 0 heterocycles. The predicted octanol–water partition coefficient (Wildman–Crippen LogP) is 9.09. The van der Waals surface area contributed by atoms with Gasteiger partial charge in [-0.05, 0) is 68.5 Å². The van der Waals surface area contributed by atoms with E-state index in [-0.39, 0.29) is 16.2 Å². The van der Waals surface area contributed by atoms with Crippen LogP contribution < -0.4 is 0 Å². The lowest BCUT2D eigenvalue weighted by Crippen LogP contribution is -2.14. The van der Waals surface area contributed by atoms with Gasteiger partial charge in [0, 0.05) is 5.92 Å². The molecule has 0 atom stereocenters. The summed E-state index contributed by atoms with van der Waals surface area (Å²) in [6.45, 7) is 23.3. The standard InChI is InChI=1S/C31H40/c1-19-11-16-26(31(8,9)10)27(19)28-22-14-12-20(29(2,3)4)17-24(22)25-18-21(30(5,6)7)13-15-23(25)28/h11-15,17-18,28H,16H2,1-10H3. The Balaban J connectivity index is 2.02. The van der Waals surface area contributed by atoms with E-state index >= 15 is 0 Å². The molecule has 31 heavy (non-hydrogen) atoms. The molecular formula is C31H40. The lowest BCUT2D eigenvalue weighted by Gasteiger charge is -2.28. The van der Waals surface area contributed by atoms with Crippen molar-refractivity contribution < 1.29 is 0 Å². The first kappa shape index (κ1) is 22.1. The van der Waals surface area contributed by atoms with Crippen LogP contribution in [-0.2, 0) is 10.8 Å². The molecule has 2 aromatic rings. The van der Waals surface area contributed by atoms with Gasteiger partial charge in [0.05, 0.1) is 0 Å². The minimum Gasteiger partial charge on any atom is -0.0772 e. The Hall–Kier alpha value is -2.08. The number of allylic oxidation sites excluding steroid dienone is 4. The number of fused-ring (bicyclic) bond motifs is 3. The van der Waals surface area contributed by atoms with E-state index in [9.17, 15) is 0 Å². The molecule has 0 N–H and O–H groups in total. The molecule has 0 saturated heterocycles. The van der Waals surface area contributed by atoms with Crippen molar-refractivity contribution in [1.82, 2.24) is 0 Å². The highest BCUT2D eigenvalue weighted by Gasteiger charge is 2.38. The summed E-state index contributed by atoms with van der Waals surface area (Å²) in [6.07, 6.45) is 3.53. The molecule has 0 bridgehead atoms. The van der Waals surface area contributed by atoms with Crippen LogP contribution in [0.2, 0.25) is 0 Å². The second kappa shape index (κ2) is 6.96. The van der Waals surface area contributed by atoms with E-state index < -0.39 is 0 Å². The average molecular weight is 413 g/mol. The first-order chi connectivity index (χ1) is 14.2. The maximum absolute atomic E-state index is 2.48. The summed E-state index contributed by atoms with van der Waals surface area (Å²) in [4.78, 5) is 0. The molecule has 0 radical (unpaired) electrons. The lowest BCUT2D eigenvalue weighted by molar-refractivity contribution is 0.490. The van der Waals surface area contributed by atoms with Crippen molar-refractivity contribution in [1.29, 1.82) is 0 Å². The van der Waals surface area contributed by atoms with Gasteiger partial charge in [0.2, 0.25) is 0 Å². The highest BCUT2D eigenvalue weighted by Crippen LogP contribution is 2.55. The third-order valence-electron chi connectivity index (χ3n) is 7.31. The third-order valence-corrected chi connectivity index (χ3v) is 7.31. The number of rotatable bonds is 1. The fourth-order valence-corrected chi connectivity index (χ4v) is 5.32. The van der Waals surface area contributed by atoms with Crippen LogP contribution in [0.3, 0.4) is 0 Å². The Labute approximate surface area is 190 Å². The molecule has 0 unspecified atom stereocenters. The molecular weight excluding hydrogens is 372 g/mol. The maximum Gasteiger partial charge on any atom is 0.0354 e. The summed E-state index contributed by atoms with van der Waals surface area (Å²) >= 11 is 0. The normalized spacial score (nSPS) is 17.2. The number of hydrogen-bond donors (Lipinski definition) is 0. The Morgan fingerprint density at radius 2 is 1.10 bits per heavy atom. The molecule has 0 amide bonds. The molecule has 0 fully saturated rings. The first-order valence-electron chi connectivity index (χ1n) is 11.9. The highest BCUT2D eigenvalue weighted by molar-refractivity contribution is 5.83. The van der Waals surface area contributed by atoms with Crippen LogP contribution in [0.5, 0.6) is 0 Å². The molecule has 0 saturated carbocycles. The fraction of sp³-hybridized carbons (Fsp3) is 0.484. The van der Waals surface area contributed by atoms with E-state index in [1.54, 1.807) is 11.1 Å². The predicted molar refractivity (Wildman–Crippen MR) is 136 cm³/mol. The van der Waals surface area contributed by atoms with Gasteiger partial charge >= 0.3 is 0 Å². The molecule has 2 aliphatic rings. The minimum atomic E-state index is 0.147. The van der Waals surface area contributed by atoms with Crippen molar-refractivity contribution in [3.05, 3.63) is 81.4 Å². The van der Waals surface area contributed by atoms with Crippen molar-refractivity contribution in [2.75, 3.05) is 0 Å². The van der Waals surface area contributed by atoms with E-state index in [1.165, 1.54) is 39.0 Å². The third kappa shape index (κ3) is 3.73. The monoisotopic (exact) mass is 412 g/mol. The van der Waals surface area contributed by atoms with Crippen LogP contribution in [0.15, 0.2) is 59.2 Å². The maximum atomic E-state index is 2.48. The second-order valence-corrected chi connectivity index (χ2v) is 12.8. The Morgan fingerprint density at radius 3 is 1.48 bits per heavy atom. The SMILES string of the molecule is CC1=CCC(C(C)(C)C)=C1C1c2ccc(C(C)(C)C)cc2-c2cc(C(C)(C)C)ccc21. The molecule has 2 aliphatic carbocycles. The van der Waals surface area contributed by atoms with Gasteiger partial charge in [-0.1, -0.05) is 116 Å². The number of benzene rings is 2. The van der Waals surface area contributed by atoms with E-state index in [0.29, 0.717) is 5.92 Å². The van der Waals surface area contributed by atoms with Gasteiger partial charge in [-0.3, -0.25) is 0 Å². The van der Waals surface area contributed by atoms with Gasteiger partial charge in [-0.2, -0.15) is 0 Å².